The van der Waals surface area contributed by atoms with Crippen molar-refractivity contribution in [1.82, 2.24) is 14.5 Å². The number of pyridine rings is 1. The van der Waals surface area contributed by atoms with E-state index in [1.165, 1.54) is 0 Å². The molecule has 1 aromatic carbocycles. The molecule has 0 atom stereocenters. The van der Waals surface area contributed by atoms with Crippen LogP contribution in [-0.4, -0.2) is 14.5 Å². The van der Waals surface area contributed by atoms with E-state index in [2.05, 4.69) is 9.97 Å². The van der Waals surface area contributed by atoms with Gasteiger partial charge in [-0.15, -0.1) is 0 Å². The molecule has 23 heavy (non-hydrogen) atoms. The minimum atomic E-state index is -0.377. The lowest BCUT2D eigenvalue weighted by molar-refractivity contribution is 0.518. The lowest BCUT2D eigenvalue weighted by Crippen LogP contribution is -2.05. The Kier molecular flexibility index (Phi) is 3.05. The van der Waals surface area contributed by atoms with Crippen LogP contribution in [-0.2, 0) is 0 Å². The van der Waals surface area contributed by atoms with Gasteiger partial charge < -0.3 is 8.98 Å². The molecular weight excluding hydrogens is 290 g/mol. The van der Waals surface area contributed by atoms with Crippen LogP contribution in [0.3, 0.4) is 0 Å². The summed E-state index contributed by atoms with van der Waals surface area (Å²) in [5.74, 6) is 1.07. The van der Waals surface area contributed by atoms with Crippen molar-refractivity contribution in [3.05, 3.63) is 77.0 Å². The molecule has 0 N–H and O–H groups in total. The SMILES string of the molecule is Cc1cccc2nc(-c3ccc(-n4cccc4)nc3)oc(=O)c12. The van der Waals surface area contributed by atoms with Crippen LogP contribution in [0.5, 0.6) is 0 Å². The van der Waals surface area contributed by atoms with E-state index in [-0.39, 0.29) is 11.5 Å². The average molecular weight is 303 g/mol. The predicted molar refractivity (Wildman–Crippen MR) is 87.6 cm³/mol. The molecule has 0 aliphatic rings. The van der Waals surface area contributed by atoms with E-state index in [0.717, 1.165) is 11.4 Å². The highest BCUT2D eigenvalue weighted by Gasteiger charge is 2.10. The van der Waals surface area contributed by atoms with Crippen LogP contribution in [0.25, 0.3) is 28.2 Å². The Morgan fingerprint density at radius 2 is 1.87 bits per heavy atom. The van der Waals surface area contributed by atoms with Crippen molar-refractivity contribution in [1.29, 1.82) is 0 Å². The minimum Gasteiger partial charge on any atom is -0.403 e. The second-order valence-corrected chi connectivity index (χ2v) is 5.27. The van der Waals surface area contributed by atoms with Crippen LogP contribution >= 0.6 is 0 Å². The van der Waals surface area contributed by atoms with Gasteiger partial charge in [0.05, 0.1) is 16.5 Å². The Balaban J connectivity index is 1.82. The second-order valence-electron chi connectivity index (χ2n) is 5.27. The van der Waals surface area contributed by atoms with Crippen molar-refractivity contribution in [2.24, 2.45) is 0 Å². The van der Waals surface area contributed by atoms with Gasteiger partial charge in [-0.05, 0) is 42.8 Å². The Bertz CT molecular complexity index is 1030. The standard InChI is InChI=1S/C18H13N3O2/c1-12-5-4-6-14-16(12)18(22)23-17(20-14)13-7-8-15(19-11-13)21-9-2-3-10-21/h2-11H,1H3. The maximum Gasteiger partial charge on any atom is 0.347 e. The summed E-state index contributed by atoms with van der Waals surface area (Å²) in [5, 5.41) is 0.521. The van der Waals surface area contributed by atoms with Gasteiger partial charge in [-0.25, -0.2) is 14.8 Å². The van der Waals surface area contributed by atoms with Gasteiger partial charge in [-0.2, -0.15) is 0 Å². The molecule has 5 heteroatoms. The van der Waals surface area contributed by atoms with E-state index in [1.54, 1.807) is 6.20 Å². The number of nitrogens with zero attached hydrogens (tertiary/aromatic N) is 3. The molecule has 4 aromatic rings. The van der Waals surface area contributed by atoms with Crippen molar-refractivity contribution in [3.63, 3.8) is 0 Å². The highest BCUT2D eigenvalue weighted by atomic mass is 16.4. The molecule has 0 unspecified atom stereocenters. The van der Waals surface area contributed by atoms with Gasteiger partial charge in [0.2, 0.25) is 5.89 Å². The molecule has 0 fully saturated rings. The fraction of sp³-hybridized carbons (Fsp3) is 0.0556. The van der Waals surface area contributed by atoms with Crippen molar-refractivity contribution in [2.45, 2.75) is 6.92 Å². The summed E-state index contributed by atoms with van der Waals surface area (Å²) in [7, 11) is 0. The molecule has 3 heterocycles. The van der Waals surface area contributed by atoms with Crippen LogP contribution in [0.15, 0.2) is 70.3 Å². The monoisotopic (exact) mass is 303 g/mol. The van der Waals surface area contributed by atoms with Gasteiger partial charge >= 0.3 is 5.63 Å². The summed E-state index contributed by atoms with van der Waals surface area (Å²) in [6, 6.07) is 13.1. The molecular formula is C18H13N3O2. The molecule has 0 saturated heterocycles. The van der Waals surface area contributed by atoms with E-state index < -0.39 is 0 Å². The van der Waals surface area contributed by atoms with E-state index in [9.17, 15) is 4.79 Å². The van der Waals surface area contributed by atoms with E-state index in [4.69, 9.17) is 4.42 Å². The molecule has 0 spiro atoms. The van der Waals surface area contributed by atoms with Gasteiger partial charge in [0.15, 0.2) is 0 Å². The minimum absolute atomic E-state index is 0.277. The summed E-state index contributed by atoms with van der Waals surface area (Å²) >= 11 is 0. The lowest BCUT2D eigenvalue weighted by atomic mass is 10.1. The zero-order valence-electron chi connectivity index (χ0n) is 12.4. The number of rotatable bonds is 2. The molecule has 4 rings (SSSR count). The molecule has 0 amide bonds. The molecule has 112 valence electrons. The normalized spacial score (nSPS) is 11.0. The first-order valence-electron chi connectivity index (χ1n) is 7.22. The number of hydrogen-bond acceptors (Lipinski definition) is 4. The zero-order chi connectivity index (χ0) is 15.8. The van der Waals surface area contributed by atoms with Gasteiger partial charge in [0, 0.05) is 18.6 Å². The van der Waals surface area contributed by atoms with Crippen LogP contribution in [0.4, 0.5) is 0 Å². The highest BCUT2D eigenvalue weighted by molar-refractivity contribution is 5.81. The fourth-order valence-electron chi connectivity index (χ4n) is 2.56. The molecule has 0 bridgehead atoms. The summed E-state index contributed by atoms with van der Waals surface area (Å²) < 4.78 is 7.27. The smallest absolute Gasteiger partial charge is 0.347 e. The van der Waals surface area contributed by atoms with Crippen LogP contribution in [0.1, 0.15) is 5.56 Å². The highest BCUT2D eigenvalue weighted by Crippen LogP contribution is 2.20. The summed E-state index contributed by atoms with van der Waals surface area (Å²) in [5.41, 5.74) is 1.78. The van der Waals surface area contributed by atoms with Crippen LogP contribution < -0.4 is 5.63 Å². The molecule has 0 saturated carbocycles. The Morgan fingerprint density at radius 3 is 2.61 bits per heavy atom. The maximum atomic E-state index is 12.2. The number of aryl methyl sites for hydroxylation is 1. The maximum absolute atomic E-state index is 12.2. The summed E-state index contributed by atoms with van der Waals surface area (Å²) in [4.78, 5) is 21.0. The molecule has 0 aliphatic heterocycles. The molecule has 0 aliphatic carbocycles. The Labute approximate surface area is 131 Å². The van der Waals surface area contributed by atoms with Crippen molar-refractivity contribution >= 4 is 10.9 Å². The first kappa shape index (κ1) is 13.5. The summed E-state index contributed by atoms with van der Waals surface area (Å²) in [6.45, 7) is 1.87. The lowest BCUT2D eigenvalue weighted by Gasteiger charge is -2.05. The number of benzene rings is 1. The summed E-state index contributed by atoms with van der Waals surface area (Å²) in [6.07, 6.45) is 5.49. The van der Waals surface area contributed by atoms with Crippen LogP contribution in [0, 0.1) is 6.92 Å². The van der Waals surface area contributed by atoms with E-state index in [1.807, 2.05) is 66.3 Å². The van der Waals surface area contributed by atoms with Gasteiger partial charge in [0.1, 0.15) is 5.82 Å². The predicted octanol–water partition coefficient (Wildman–Crippen LogP) is 3.35. The fourth-order valence-corrected chi connectivity index (χ4v) is 2.56. The van der Waals surface area contributed by atoms with Crippen LogP contribution in [0.2, 0.25) is 0 Å². The van der Waals surface area contributed by atoms with Gasteiger partial charge in [-0.3, -0.25) is 0 Å². The Morgan fingerprint density at radius 1 is 1.04 bits per heavy atom. The van der Waals surface area contributed by atoms with Crippen molar-refractivity contribution in [3.8, 4) is 17.3 Å². The van der Waals surface area contributed by atoms with Crippen molar-refractivity contribution in [2.75, 3.05) is 0 Å². The molecule has 5 nitrogen and oxygen atoms in total. The van der Waals surface area contributed by atoms with E-state index >= 15 is 0 Å². The number of hydrogen-bond donors (Lipinski definition) is 0. The third kappa shape index (κ3) is 2.32. The third-order valence-electron chi connectivity index (χ3n) is 3.73. The second kappa shape index (κ2) is 5.21. The van der Waals surface area contributed by atoms with Gasteiger partial charge in [0.25, 0.3) is 0 Å². The molecule has 0 radical (unpaired) electrons. The Hall–Kier alpha value is -3.21. The number of aromatic nitrogens is 3. The van der Waals surface area contributed by atoms with E-state index in [0.29, 0.717) is 16.5 Å². The first-order chi connectivity index (χ1) is 11.2. The first-order valence-corrected chi connectivity index (χ1v) is 7.22. The average Bonchev–Trinajstić information content (AvgIpc) is 3.09. The van der Waals surface area contributed by atoms with Crippen molar-refractivity contribution < 1.29 is 4.42 Å². The van der Waals surface area contributed by atoms with Gasteiger partial charge in [-0.1, -0.05) is 12.1 Å². The molecule has 3 aromatic heterocycles. The number of fused-ring (bicyclic) bond motifs is 1. The third-order valence-corrected chi connectivity index (χ3v) is 3.73. The topological polar surface area (TPSA) is 60.9 Å². The quantitative estimate of drug-likeness (QED) is 0.570. The zero-order valence-corrected chi connectivity index (χ0v) is 12.4. The largest absolute Gasteiger partial charge is 0.403 e.